The molecule has 6 nitrogen and oxygen atoms in total. The van der Waals surface area contributed by atoms with Crippen LogP contribution in [0.25, 0.3) is 0 Å². The molecule has 0 aliphatic carbocycles. The Morgan fingerprint density at radius 3 is 2.62 bits per heavy atom. The first-order valence-electron chi connectivity index (χ1n) is 6.40. The van der Waals surface area contributed by atoms with E-state index >= 15 is 0 Å². The van der Waals surface area contributed by atoms with Gasteiger partial charge in [-0.25, -0.2) is 4.79 Å². The highest BCUT2D eigenvalue weighted by Gasteiger charge is 2.05. The number of nitrogens with zero attached hydrogens (tertiary/aromatic N) is 2. The second-order valence-corrected chi connectivity index (χ2v) is 4.63. The summed E-state index contributed by atoms with van der Waals surface area (Å²) < 4.78 is 0. The van der Waals surface area contributed by atoms with E-state index in [1.54, 1.807) is 18.5 Å². The van der Waals surface area contributed by atoms with E-state index < -0.39 is 5.97 Å². The summed E-state index contributed by atoms with van der Waals surface area (Å²) in [6.07, 6.45) is 5.23. The van der Waals surface area contributed by atoms with Gasteiger partial charge >= 0.3 is 5.97 Å². The molecule has 2 heterocycles. The van der Waals surface area contributed by atoms with Crippen LogP contribution in [0.1, 0.15) is 34.1 Å². The van der Waals surface area contributed by atoms with Gasteiger partial charge < -0.3 is 10.4 Å². The SMILES string of the molecule is CC(=O)NCc1ccc(Cc2cncc(C(=O)O)c2)cn1. The molecule has 0 spiro atoms. The number of carboxylic acids is 1. The van der Waals surface area contributed by atoms with E-state index in [4.69, 9.17) is 5.11 Å². The van der Waals surface area contributed by atoms with Gasteiger partial charge in [0.05, 0.1) is 17.8 Å². The molecule has 2 rings (SSSR count). The third-order valence-corrected chi connectivity index (χ3v) is 2.85. The number of carbonyl (C=O) groups excluding carboxylic acids is 1. The molecule has 6 heteroatoms. The third-order valence-electron chi connectivity index (χ3n) is 2.85. The molecule has 2 aromatic heterocycles. The van der Waals surface area contributed by atoms with Crippen LogP contribution in [-0.4, -0.2) is 27.0 Å². The van der Waals surface area contributed by atoms with Crippen molar-refractivity contribution in [3.05, 3.63) is 59.2 Å². The number of amides is 1. The Labute approximate surface area is 121 Å². The van der Waals surface area contributed by atoms with Crippen molar-refractivity contribution < 1.29 is 14.7 Å². The zero-order valence-corrected chi connectivity index (χ0v) is 11.5. The summed E-state index contributed by atoms with van der Waals surface area (Å²) in [6, 6.07) is 5.33. The Kier molecular flexibility index (Phi) is 4.61. The van der Waals surface area contributed by atoms with Gasteiger partial charge in [-0.3, -0.25) is 14.8 Å². The fourth-order valence-corrected chi connectivity index (χ4v) is 1.82. The number of nitrogens with one attached hydrogen (secondary N) is 1. The van der Waals surface area contributed by atoms with Gasteiger partial charge in [-0.05, 0) is 23.3 Å². The molecule has 0 aliphatic rings. The van der Waals surface area contributed by atoms with E-state index in [0.29, 0.717) is 13.0 Å². The molecule has 0 bridgehead atoms. The first kappa shape index (κ1) is 14.6. The van der Waals surface area contributed by atoms with Gasteiger partial charge in [0.15, 0.2) is 0 Å². The van der Waals surface area contributed by atoms with Gasteiger partial charge in [-0.1, -0.05) is 6.07 Å². The number of hydrogen-bond donors (Lipinski definition) is 2. The second kappa shape index (κ2) is 6.60. The fraction of sp³-hybridized carbons (Fsp3) is 0.200. The van der Waals surface area contributed by atoms with E-state index in [0.717, 1.165) is 16.8 Å². The summed E-state index contributed by atoms with van der Waals surface area (Å²) in [4.78, 5) is 29.9. The van der Waals surface area contributed by atoms with Crippen LogP contribution < -0.4 is 5.32 Å². The molecule has 2 aromatic rings. The largest absolute Gasteiger partial charge is 0.478 e. The maximum absolute atomic E-state index is 10.9. The van der Waals surface area contributed by atoms with Crippen LogP contribution in [0.5, 0.6) is 0 Å². The maximum atomic E-state index is 10.9. The topological polar surface area (TPSA) is 92.2 Å². The number of carboxylic acid groups (broad SMARTS) is 1. The van der Waals surface area contributed by atoms with Crippen molar-refractivity contribution in [1.82, 2.24) is 15.3 Å². The summed E-state index contributed by atoms with van der Waals surface area (Å²) in [5.74, 6) is -1.09. The smallest absolute Gasteiger partial charge is 0.337 e. The van der Waals surface area contributed by atoms with Gasteiger partial charge in [0.1, 0.15) is 0 Å². The Hall–Kier alpha value is -2.76. The summed E-state index contributed by atoms with van der Waals surface area (Å²) >= 11 is 0. The molecule has 21 heavy (non-hydrogen) atoms. The molecule has 0 atom stereocenters. The molecule has 1 amide bonds. The van der Waals surface area contributed by atoms with Crippen molar-refractivity contribution in [1.29, 1.82) is 0 Å². The van der Waals surface area contributed by atoms with Crippen molar-refractivity contribution in [2.24, 2.45) is 0 Å². The quantitative estimate of drug-likeness (QED) is 0.866. The van der Waals surface area contributed by atoms with Crippen LogP contribution in [0.2, 0.25) is 0 Å². The molecule has 0 saturated heterocycles. The molecule has 0 unspecified atom stereocenters. The number of pyridine rings is 2. The molecule has 0 aromatic carbocycles. The Balaban J connectivity index is 2.04. The van der Waals surface area contributed by atoms with Crippen LogP contribution in [0.15, 0.2) is 36.8 Å². The normalized spacial score (nSPS) is 10.1. The Morgan fingerprint density at radius 2 is 2.00 bits per heavy atom. The highest BCUT2D eigenvalue weighted by molar-refractivity contribution is 5.87. The number of aromatic nitrogens is 2. The second-order valence-electron chi connectivity index (χ2n) is 4.63. The monoisotopic (exact) mass is 285 g/mol. The molecular weight excluding hydrogens is 270 g/mol. The van der Waals surface area contributed by atoms with E-state index in [1.807, 2.05) is 12.1 Å². The van der Waals surface area contributed by atoms with Gasteiger partial charge in [0.25, 0.3) is 0 Å². The number of aromatic carboxylic acids is 1. The van der Waals surface area contributed by atoms with Gasteiger partial charge in [0, 0.05) is 31.9 Å². The first-order chi connectivity index (χ1) is 10.0. The minimum absolute atomic E-state index is 0.0996. The summed E-state index contributed by atoms with van der Waals surface area (Å²) in [7, 11) is 0. The van der Waals surface area contributed by atoms with Crippen LogP contribution in [0.3, 0.4) is 0 Å². The number of carbonyl (C=O) groups is 2. The minimum atomic E-state index is -0.992. The molecule has 0 radical (unpaired) electrons. The molecule has 0 fully saturated rings. The first-order valence-corrected chi connectivity index (χ1v) is 6.40. The van der Waals surface area contributed by atoms with Crippen LogP contribution in [0, 0.1) is 0 Å². The molecule has 2 N–H and O–H groups in total. The number of rotatable bonds is 5. The van der Waals surface area contributed by atoms with Crippen molar-refractivity contribution in [2.45, 2.75) is 19.9 Å². The van der Waals surface area contributed by atoms with Crippen molar-refractivity contribution in [3.8, 4) is 0 Å². The molecule has 0 saturated carbocycles. The van der Waals surface area contributed by atoms with E-state index in [9.17, 15) is 9.59 Å². The summed E-state index contributed by atoms with van der Waals surface area (Å²) in [5.41, 5.74) is 2.70. The third kappa shape index (κ3) is 4.38. The Morgan fingerprint density at radius 1 is 1.19 bits per heavy atom. The average Bonchev–Trinajstić information content (AvgIpc) is 2.47. The Bertz CT molecular complexity index is 653. The van der Waals surface area contributed by atoms with Crippen molar-refractivity contribution >= 4 is 11.9 Å². The highest BCUT2D eigenvalue weighted by atomic mass is 16.4. The van der Waals surface area contributed by atoms with E-state index in [-0.39, 0.29) is 11.5 Å². The molecule has 108 valence electrons. The average molecular weight is 285 g/mol. The lowest BCUT2D eigenvalue weighted by Crippen LogP contribution is -2.19. The fourth-order valence-electron chi connectivity index (χ4n) is 1.82. The predicted octanol–water partition coefficient (Wildman–Crippen LogP) is 1.40. The highest BCUT2D eigenvalue weighted by Crippen LogP contribution is 2.10. The standard InChI is InChI=1S/C15H15N3O3/c1-10(19)17-9-14-3-2-11(7-18-14)4-12-5-13(15(20)21)8-16-6-12/h2-3,5-8H,4,9H2,1H3,(H,17,19)(H,20,21). The van der Waals surface area contributed by atoms with Gasteiger partial charge in [-0.2, -0.15) is 0 Å². The minimum Gasteiger partial charge on any atom is -0.478 e. The lowest BCUT2D eigenvalue weighted by atomic mass is 10.1. The van der Waals surface area contributed by atoms with Gasteiger partial charge in [0.2, 0.25) is 5.91 Å². The van der Waals surface area contributed by atoms with Crippen molar-refractivity contribution in [2.75, 3.05) is 0 Å². The van der Waals surface area contributed by atoms with E-state index in [1.165, 1.54) is 13.1 Å². The molecular formula is C15H15N3O3. The molecule has 0 aliphatic heterocycles. The van der Waals surface area contributed by atoms with Crippen LogP contribution in [0.4, 0.5) is 0 Å². The van der Waals surface area contributed by atoms with Gasteiger partial charge in [-0.15, -0.1) is 0 Å². The summed E-state index contributed by atoms with van der Waals surface area (Å²) in [5, 5.41) is 11.6. The maximum Gasteiger partial charge on any atom is 0.337 e. The summed E-state index contributed by atoms with van der Waals surface area (Å²) in [6.45, 7) is 1.85. The lowest BCUT2D eigenvalue weighted by Gasteiger charge is -2.05. The zero-order chi connectivity index (χ0) is 15.2. The lowest BCUT2D eigenvalue weighted by molar-refractivity contribution is -0.119. The van der Waals surface area contributed by atoms with Crippen molar-refractivity contribution in [3.63, 3.8) is 0 Å². The zero-order valence-electron chi connectivity index (χ0n) is 11.5. The number of hydrogen-bond acceptors (Lipinski definition) is 4. The predicted molar refractivity (Wildman–Crippen MR) is 75.8 cm³/mol. The van der Waals surface area contributed by atoms with Crippen LogP contribution >= 0.6 is 0 Å². The van der Waals surface area contributed by atoms with Crippen LogP contribution in [-0.2, 0) is 17.8 Å². The van der Waals surface area contributed by atoms with E-state index in [2.05, 4.69) is 15.3 Å².